The Bertz CT molecular complexity index is 310. The highest BCUT2D eigenvalue weighted by Crippen LogP contribution is 2.29. The molecule has 0 saturated heterocycles. The summed E-state index contributed by atoms with van der Waals surface area (Å²) in [6.45, 7) is 13.3. The molecule has 86 valence electrons. The van der Waals surface area contributed by atoms with E-state index in [0.29, 0.717) is 0 Å². The molecule has 2 rings (SSSR count). The molecule has 0 spiro atoms. The van der Waals surface area contributed by atoms with Gasteiger partial charge in [-0.25, -0.2) is 0 Å². The lowest BCUT2D eigenvalue weighted by atomic mass is 10.0. The molecule has 0 fully saturated rings. The summed E-state index contributed by atoms with van der Waals surface area (Å²) >= 11 is 1.83. The van der Waals surface area contributed by atoms with Crippen molar-refractivity contribution in [2.75, 3.05) is 0 Å². The second-order valence-electron chi connectivity index (χ2n) is 2.86. The van der Waals surface area contributed by atoms with Gasteiger partial charge in [-0.2, -0.15) is 0 Å². The van der Waals surface area contributed by atoms with Crippen LogP contribution in [0, 0.1) is 0 Å². The van der Waals surface area contributed by atoms with Crippen LogP contribution < -0.4 is 5.32 Å². The molecular weight excluding hydrogens is 202 g/mol. The smallest absolute Gasteiger partial charge is 0.0497 e. The maximum Gasteiger partial charge on any atom is 0.0497 e. The van der Waals surface area contributed by atoms with Crippen molar-refractivity contribution in [2.24, 2.45) is 0 Å². The van der Waals surface area contributed by atoms with Crippen LogP contribution in [-0.4, -0.2) is 0 Å². The number of hydrogen-bond acceptors (Lipinski definition) is 2. The van der Waals surface area contributed by atoms with Gasteiger partial charge < -0.3 is 5.32 Å². The van der Waals surface area contributed by atoms with E-state index >= 15 is 0 Å². The van der Waals surface area contributed by atoms with Gasteiger partial charge in [-0.15, -0.1) is 11.3 Å². The highest BCUT2D eigenvalue weighted by Gasteiger charge is 2.12. The molecule has 2 heteroatoms. The summed E-state index contributed by atoms with van der Waals surface area (Å²) in [5.74, 6) is 0. The first kappa shape index (κ1) is 14.2. The highest BCUT2D eigenvalue weighted by atomic mass is 32.1. The Hall–Kier alpha value is -0.760. The number of nitrogens with one attached hydrogen (secondary N) is 1. The first-order valence-corrected chi connectivity index (χ1v) is 6.65. The quantitative estimate of drug-likeness (QED) is 0.677. The Labute approximate surface area is 98.2 Å². The zero-order valence-electron chi connectivity index (χ0n) is 10.8. The number of fused-ring (bicyclic) bond motifs is 1. The van der Waals surface area contributed by atoms with Crippen molar-refractivity contribution in [1.82, 2.24) is 5.32 Å². The van der Waals surface area contributed by atoms with Crippen LogP contribution in [0.1, 0.15) is 52.0 Å². The normalized spacial score (nSPS) is 12.7. The summed E-state index contributed by atoms with van der Waals surface area (Å²) in [4.78, 5) is 1.47. The van der Waals surface area contributed by atoms with Crippen LogP contribution in [0.25, 0.3) is 5.57 Å². The molecule has 0 aromatic carbocycles. The lowest BCUT2D eigenvalue weighted by Gasteiger charge is -2.17. The van der Waals surface area contributed by atoms with Crippen LogP contribution >= 0.6 is 11.3 Å². The van der Waals surface area contributed by atoms with E-state index in [1.165, 1.54) is 21.7 Å². The zero-order valence-corrected chi connectivity index (χ0v) is 11.6. The first-order valence-electron chi connectivity index (χ1n) is 5.77. The minimum absolute atomic E-state index is 1.01. The van der Waals surface area contributed by atoms with Gasteiger partial charge in [0.2, 0.25) is 0 Å². The largest absolute Gasteiger partial charge is 0.383 e. The van der Waals surface area contributed by atoms with Crippen LogP contribution in [0.2, 0.25) is 0 Å². The van der Waals surface area contributed by atoms with Crippen molar-refractivity contribution >= 4 is 16.9 Å². The summed E-state index contributed by atoms with van der Waals surface area (Å²) < 4.78 is 0. The Morgan fingerprint density at radius 1 is 1.13 bits per heavy atom. The van der Waals surface area contributed by atoms with E-state index in [4.69, 9.17) is 0 Å². The van der Waals surface area contributed by atoms with Gasteiger partial charge in [-0.1, -0.05) is 27.7 Å². The summed E-state index contributed by atoms with van der Waals surface area (Å²) in [7, 11) is 0. The van der Waals surface area contributed by atoms with Gasteiger partial charge in [-0.05, 0) is 36.4 Å². The minimum Gasteiger partial charge on any atom is -0.383 e. The number of allylic oxidation sites excluding steroid dienone is 2. The molecule has 0 bridgehead atoms. The molecule has 1 nitrogen and oxygen atoms in total. The fourth-order valence-electron chi connectivity index (χ4n) is 1.36. The van der Waals surface area contributed by atoms with E-state index in [2.05, 4.69) is 30.6 Å². The average molecular weight is 225 g/mol. The summed E-state index contributed by atoms with van der Waals surface area (Å²) in [6.07, 6.45) is 0. The predicted octanol–water partition coefficient (Wildman–Crippen LogP) is 4.65. The molecule has 0 atom stereocenters. The molecular formula is C13H23NS. The molecule has 1 aliphatic heterocycles. The van der Waals surface area contributed by atoms with Gasteiger partial charge in [0.15, 0.2) is 0 Å². The van der Waals surface area contributed by atoms with E-state index in [-0.39, 0.29) is 0 Å². The average Bonchev–Trinajstić information content (AvgIpc) is 2.78. The van der Waals surface area contributed by atoms with Gasteiger partial charge in [0.05, 0.1) is 0 Å². The zero-order chi connectivity index (χ0) is 11.8. The molecule has 2 heterocycles. The summed E-state index contributed by atoms with van der Waals surface area (Å²) in [5, 5.41) is 5.53. The van der Waals surface area contributed by atoms with Crippen LogP contribution in [0.3, 0.4) is 0 Å². The fourth-order valence-corrected chi connectivity index (χ4v) is 2.23. The lowest BCUT2D eigenvalue weighted by molar-refractivity contribution is 0.808. The molecule has 0 saturated carbocycles. The van der Waals surface area contributed by atoms with Crippen molar-refractivity contribution < 1.29 is 0 Å². The van der Waals surface area contributed by atoms with Crippen molar-refractivity contribution in [1.29, 1.82) is 0 Å². The maximum absolute atomic E-state index is 3.36. The molecule has 15 heavy (non-hydrogen) atoms. The molecule has 1 N–H and O–H groups in total. The Morgan fingerprint density at radius 3 is 2.33 bits per heavy atom. The first-order chi connectivity index (χ1) is 7.29. The Balaban J connectivity index is 0.000000442. The molecule has 0 amide bonds. The SMILES string of the molecule is CC.CC.CC1=C(C)c2ccsc2CN1. The molecule has 1 aliphatic rings. The maximum atomic E-state index is 3.36. The molecule has 0 aliphatic carbocycles. The van der Waals surface area contributed by atoms with E-state index in [9.17, 15) is 0 Å². The number of hydrogen-bond donors (Lipinski definition) is 1. The molecule has 1 aromatic heterocycles. The topological polar surface area (TPSA) is 12.0 Å². The fraction of sp³-hybridized carbons (Fsp3) is 0.538. The summed E-state index contributed by atoms with van der Waals surface area (Å²) in [6, 6.07) is 2.21. The van der Waals surface area contributed by atoms with Crippen molar-refractivity contribution in [3.05, 3.63) is 27.6 Å². The van der Waals surface area contributed by atoms with E-state index in [1.54, 1.807) is 0 Å². The van der Waals surface area contributed by atoms with Crippen LogP contribution in [-0.2, 0) is 6.54 Å². The highest BCUT2D eigenvalue weighted by molar-refractivity contribution is 7.10. The predicted molar refractivity (Wildman–Crippen MR) is 72.1 cm³/mol. The van der Waals surface area contributed by atoms with Gasteiger partial charge in [-0.3, -0.25) is 0 Å². The second-order valence-corrected chi connectivity index (χ2v) is 3.86. The molecule has 1 aromatic rings. The van der Waals surface area contributed by atoms with Gasteiger partial charge in [0.1, 0.15) is 0 Å². The minimum atomic E-state index is 1.01. The number of thiophene rings is 1. The lowest BCUT2D eigenvalue weighted by Crippen LogP contribution is -2.16. The third-order valence-electron chi connectivity index (χ3n) is 2.23. The van der Waals surface area contributed by atoms with Gasteiger partial charge in [0.25, 0.3) is 0 Å². The second kappa shape index (κ2) is 7.52. The van der Waals surface area contributed by atoms with Crippen LogP contribution in [0.15, 0.2) is 17.1 Å². The van der Waals surface area contributed by atoms with E-state index in [0.717, 1.165) is 6.54 Å². The van der Waals surface area contributed by atoms with Crippen LogP contribution in [0.4, 0.5) is 0 Å². The Morgan fingerprint density at radius 2 is 1.73 bits per heavy atom. The van der Waals surface area contributed by atoms with E-state index < -0.39 is 0 Å². The molecule has 0 radical (unpaired) electrons. The van der Waals surface area contributed by atoms with E-state index in [1.807, 2.05) is 39.0 Å². The third-order valence-corrected chi connectivity index (χ3v) is 3.15. The monoisotopic (exact) mass is 225 g/mol. The van der Waals surface area contributed by atoms with Gasteiger partial charge in [0, 0.05) is 17.1 Å². The third kappa shape index (κ3) is 3.38. The van der Waals surface area contributed by atoms with Gasteiger partial charge >= 0.3 is 0 Å². The van der Waals surface area contributed by atoms with Crippen molar-refractivity contribution in [3.8, 4) is 0 Å². The summed E-state index contributed by atoms with van der Waals surface area (Å²) in [5.41, 5.74) is 4.15. The Kier molecular flexibility index (Phi) is 7.14. The van der Waals surface area contributed by atoms with Crippen molar-refractivity contribution in [3.63, 3.8) is 0 Å². The number of rotatable bonds is 0. The van der Waals surface area contributed by atoms with Crippen molar-refractivity contribution in [2.45, 2.75) is 48.1 Å². The molecule has 0 unspecified atom stereocenters. The van der Waals surface area contributed by atoms with Crippen LogP contribution in [0.5, 0.6) is 0 Å². The standard InChI is InChI=1S/C9H11NS.2C2H6/c1-6-7(2)10-5-9-8(6)3-4-11-9;2*1-2/h3-4,10H,5H2,1-2H3;2*1-2H3.